The number of ketones is 1. The molecule has 1 aliphatic rings. The molecule has 0 spiro atoms. The first-order valence-electron chi connectivity index (χ1n) is 5.06. The first kappa shape index (κ1) is 9.97. The van der Waals surface area contributed by atoms with Gasteiger partial charge in [-0.25, -0.2) is 0 Å². The molecule has 0 amide bonds. The van der Waals surface area contributed by atoms with E-state index < -0.39 is 5.60 Å². The minimum Gasteiger partial charge on any atom is -0.484 e. The van der Waals surface area contributed by atoms with Crippen molar-refractivity contribution >= 4 is 5.78 Å². The summed E-state index contributed by atoms with van der Waals surface area (Å²) in [5, 5.41) is 0. The van der Waals surface area contributed by atoms with Crippen molar-refractivity contribution in [2.45, 2.75) is 25.9 Å². The van der Waals surface area contributed by atoms with Crippen LogP contribution in [0, 0.1) is 0 Å². The molecule has 1 atom stereocenters. The van der Waals surface area contributed by atoms with Gasteiger partial charge in [-0.3, -0.25) is 4.79 Å². The van der Waals surface area contributed by atoms with E-state index in [0.29, 0.717) is 12.2 Å². The smallest absolute Gasteiger partial charge is 0.202 e. The highest BCUT2D eigenvalue weighted by Crippen LogP contribution is 2.28. The van der Waals surface area contributed by atoms with Crippen molar-refractivity contribution in [1.82, 2.24) is 0 Å². The van der Waals surface area contributed by atoms with Crippen LogP contribution in [0.25, 0.3) is 0 Å². The first-order valence-corrected chi connectivity index (χ1v) is 5.06. The van der Waals surface area contributed by atoms with Crippen LogP contribution in [0.3, 0.4) is 0 Å². The van der Waals surface area contributed by atoms with Gasteiger partial charge in [0.15, 0.2) is 5.60 Å². The van der Waals surface area contributed by atoms with Gasteiger partial charge in [0.1, 0.15) is 0 Å². The number of carbonyl (C=O) groups excluding carboxylic acids is 1. The molecule has 0 saturated carbocycles. The van der Waals surface area contributed by atoms with Crippen LogP contribution in [-0.4, -0.2) is 11.4 Å². The molecule has 78 valence electrons. The number of rotatable bonds is 2. The number of hydrogen-bond acceptors (Lipinski definition) is 2. The molecule has 2 rings (SSSR count). The molecule has 0 bridgehead atoms. The average molecular weight is 202 g/mol. The van der Waals surface area contributed by atoms with E-state index in [1.54, 1.807) is 6.08 Å². The molecule has 15 heavy (non-hydrogen) atoms. The second-order valence-electron chi connectivity index (χ2n) is 4.11. The van der Waals surface area contributed by atoms with E-state index in [1.807, 2.05) is 44.2 Å². The summed E-state index contributed by atoms with van der Waals surface area (Å²) >= 11 is 0. The van der Waals surface area contributed by atoms with Crippen LogP contribution in [0.5, 0.6) is 0 Å². The molecule has 0 radical (unpaired) electrons. The normalized spacial score (nSPS) is 24.9. The fourth-order valence-corrected chi connectivity index (χ4v) is 1.88. The molecule has 0 saturated heterocycles. The van der Waals surface area contributed by atoms with Crippen LogP contribution in [0.1, 0.15) is 19.4 Å². The van der Waals surface area contributed by atoms with Crippen LogP contribution in [-0.2, 0) is 16.0 Å². The van der Waals surface area contributed by atoms with Crippen LogP contribution in [0.15, 0.2) is 42.2 Å². The molecule has 1 heterocycles. The predicted molar refractivity (Wildman–Crippen MR) is 58.4 cm³/mol. The summed E-state index contributed by atoms with van der Waals surface area (Å²) in [7, 11) is 0. The maximum atomic E-state index is 11.7. The largest absolute Gasteiger partial charge is 0.484 e. The van der Waals surface area contributed by atoms with Gasteiger partial charge in [-0.05, 0) is 19.4 Å². The van der Waals surface area contributed by atoms with Gasteiger partial charge in [0.2, 0.25) is 5.78 Å². The lowest BCUT2D eigenvalue weighted by Crippen LogP contribution is -2.35. The maximum Gasteiger partial charge on any atom is 0.202 e. The Morgan fingerprint density at radius 2 is 1.93 bits per heavy atom. The molecule has 2 heteroatoms. The predicted octanol–water partition coefficient (Wildman–Crippen LogP) is 2.49. The van der Waals surface area contributed by atoms with Gasteiger partial charge in [0.25, 0.3) is 0 Å². The summed E-state index contributed by atoms with van der Waals surface area (Å²) in [6.07, 6.45) is 2.20. The molecule has 1 unspecified atom stereocenters. The van der Waals surface area contributed by atoms with Gasteiger partial charge >= 0.3 is 0 Å². The Balaban J connectivity index is 2.17. The molecule has 2 nitrogen and oxygen atoms in total. The SMILES string of the molecule is CC1=CC(=O)C(C)(Cc2ccccc2)O1. The highest BCUT2D eigenvalue weighted by molar-refractivity contribution is 5.99. The lowest BCUT2D eigenvalue weighted by Gasteiger charge is -2.23. The van der Waals surface area contributed by atoms with Gasteiger partial charge in [0, 0.05) is 12.5 Å². The monoisotopic (exact) mass is 202 g/mol. The van der Waals surface area contributed by atoms with Crippen LogP contribution >= 0.6 is 0 Å². The van der Waals surface area contributed by atoms with E-state index in [-0.39, 0.29) is 5.78 Å². The van der Waals surface area contributed by atoms with Crippen molar-refractivity contribution in [3.05, 3.63) is 47.7 Å². The van der Waals surface area contributed by atoms with Crippen molar-refractivity contribution in [3.8, 4) is 0 Å². The fraction of sp³-hybridized carbons (Fsp3) is 0.308. The van der Waals surface area contributed by atoms with Gasteiger partial charge in [-0.15, -0.1) is 0 Å². The molecule has 1 aromatic carbocycles. The van der Waals surface area contributed by atoms with Crippen LogP contribution in [0.4, 0.5) is 0 Å². The zero-order valence-electron chi connectivity index (χ0n) is 8.99. The van der Waals surface area contributed by atoms with E-state index in [2.05, 4.69) is 0 Å². The Bertz CT molecular complexity index is 406. The Morgan fingerprint density at radius 3 is 2.47 bits per heavy atom. The third kappa shape index (κ3) is 1.94. The summed E-state index contributed by atoms with van der Waals surface area (Å²) in [5.74, 6) is 0.766. The minimum atomic E-state index is -0.703. The molecule has 0 aromatic heterocycles. The van der Waals surface area contributed by atoms with E-state index >= 15 is 0 Å². The third-order valence-corrected chi connectivity index (χ3v) is 2.63. The number of carbonyl (C=O) groups is 1. The zero-order valence-corrected chi connectivity index (χ0v) is 8.99. The van der Waals surface area contributed by atoms with Crippen molar-refractivity contribution in [1.29, 1.82) is 0 Å². The van der Waals surface area contributed by atoms with Gasteiger partial charge in [-0.2, -0.15) is 0 Å². The Labute approximate surface area is 89.6 Å². The number of benzene rings is 1. The minimum absolute atomic E-state index is 0.0591. The fourth-order valence-electron chi connectivity index (χ4n) is 1.88. The number of allylic oxidation sites excluding steroid dienone is 1. The summed E-state index contributed by atoms with van der Waals surface area (Å²) in [6.45, 7) is 3.66. The number of ether oxygens (including phenoxy) is 1. The van der Waals surface area contributed by atoms with Crippen molar-refractivity contribution in [3.63, 3.8) is 0 Å². The Morgan fingerprint density at radius 1 is 1.27 bits per heavy atom. The van der Waals surface area contributed by atoms with E-state index in [4.69, 9.17) is 4.74 Å². The molecule has 0 aliphatic carbocycles. The number of hydrogen-bond donors (Lipinski definition) is 0. The van der Waals surface area contributed by atoms with Crippen LogP contribution in [0.2, 0.25) is 0 Å². The molecule has 0 N–H and O–H groups in total. The van der Waals surface area contributed by atoms with Crippen LogP contribution < -0.4 is 0 Å². The van der Waals surface area contributed by atoms with E-state index in [0.717, 1.165) is 5.56 Å². The van der Waals surface area contributed by atoms with Crippen molar-refractivity contribution in [2.24, 2.45) is 0 Å². The molecule has 0 fully saturated rings. The van der Waals surface area contributed by atoms with Crippen molar-refractivity contribution in [2.75, 3.05) is 0 Å². The van der Waals surface area contributed by atoms with Gasteiger partial charge in [-0.1, -0.05) is 30.3 Å². The van der Waals surface area contributed by atoms with Gasteiger partial charge in [0.05, 0.1) is 5.76 Å². The summed E-state index contributed by atoms with van der Waals surface area (Å²) in [6, 6.07) is 9.93. The highest BCUT2D eigenvalue weighted by atomic mass is 16.5. The quantitative estimate of drug-likeness (QED) is 0.736. The summed E-state index contributed by atoms with van der Waals surface area (Å²) < 4.78 is 5.58. The second-order valence-corrected chi connectivity index (χ2v) is 4.11. The zero-order chi connectivity index (χ0) is 10.9. The molecular weight excluding hydrogens is 188 g/mol. The maximum absolute atomic E-state index is 11.7. The highest BCUT2D eigenvalue weighted by Gasteiger charge is 2.38. The second kappa shape index (κ2) is 3.54. The van der Waals surface area contributed by atoms with E-state index in [1.165, 1.54) is 0 Å². The lowest BCUT2D eigenvalue weighted by molar-refractivity contribution is -0.128. The lowest BCUT2D eigenvalue weighted by atomic mass is 9.93. The molecule has 1 aromatic rings. The topological polar surface area (TPSA) is 26.3 Å². The molecular formula is C13H14O2. The van der Waals surface area contributed by atoms with Gasteiger partial charge < -0.3 is 4.74 Å². The standard InChI is InChI=1S/C13H14O2/c1-10-8-12(14)13(2,15-10)9-11-6-4-3-5-7-11/h3-8H,9H2,1-2H3. The van der Waals surface area contributed by atoms with E-state index in [9.17, 15) is 4.79 Å². The molecule has 1 aliphatic heterocycles. The summed E-state index contributed by atoms with van der Waals surface area (Å²) in [4.78, 5) is 11.7. The Kier molecular flexibility index (Phi) is 2.35. The van der Waals surface area contributed by atoms with Crippen molar-refractivity contribution < 1.29 is 9.53 Å². The summed E-state index contributed by atoms with van der Waals surface area (Å²) in [5.41, 5.74) is 0.419. The Hall–Kier alpha value is -1.57. The first-order chi connectivity index (χ1) is 7.10. The average Bonchev–Trinajstić information content (AvgIpc) is 2.41. The third-order valence-electron chi connectivity index (χ3n) is 2.63.